The number of nitrogens with zero attached hydrogens (tertiary/aromatic N) is 1. The molecule has 0 aliphatic carbocycles. The highest BCUT2D eigenvalue weighted by atomic mass is 19.1. The van der Waals surface area contributed by atoms with E-state index in [0.29, 0.717) is 5.82 Å². The van der Waals surface area contributed by atoms with Crippen LogP contribution in [0.3, 0.4) is 0 Å². The number of pyridine rings is 1. The number of terminal acetylenes is 1. The number of hydrogen-bond acceptors (Lipinski definition) is 2. The molecule has 2 nitrogen and oxygen atoms in total. The highest BCUT2D eigenvalue weighted by molar-refractivity contribution is 5.40. The third-order valence-corrected chi connectivity index (χ3v) is 1.53. The van der Waals surface area contributed by atoms with Crippen LogP contribution < -0.4 is 5.32 Å². The lowest BCUT2D eigenvalue weighted by atomic mass is 10.1. The van der Waals surface area contributed by atoms with Gasteiger partial charge in [0.2, 0.25) is 0 Å². The fourth-order valence-corrected chi connectivity index (χ4v) is 0.806. The maximum Gasteiger partial charge on any atom is 0.141 e. The van der Waals surface area contributed by atoms with Gasteiger partial charge in [0.15, 0.2) is 0 Å². The zero-order chi connectivity index (χ0) is 9.90. The minimum Gasteiger partial charge on any atom is -0.354 e. The second-order valence-electron chi connectivity index (χ2n) is 3.26. The van der Waals surface area contributed by atoms with E-state index in [0.717, 1.165) is 6.20 Å². The predicted molar refractivity (Wildman–Crippen MR) is 50.7 cm³/mol. The van der Waals surface area contributed by atoms with E-state index in [9.17, 15) is 4.39 Å². The maximum absolute atomic E-state index is 12.5. The van der Waals surface area contributed by atoms with Gasteiger partial charge in [-0.05, 0) is 26.0 Å². The molecule has 0 bridgehead atoms. The predicted octanol–water partition coefficient (Wildman–Crippen LogP) is 2.04. The molecule has 1 heterocycles. The summed E-state index contributed by atoms with van der Waals surface area (Å²) in [6.45, 7) is 3.69. The van der Waals surface area contributed by atoms with Gasteiger partial charge in [-0.1, -0.05) is 5.92 Å². The Morgan fingerprint density at radius 2 is 2.23 bits per heavy atom. The van der Waals surface area contributed by atoms with Gasteiger partial charge < -0.3 is 5.32 Å². The van der Waals surface area contributed by atoms with Crippen molar-refractivity contribution in [3.05, 3.63) is 24.1 Å². The van der Waals surface area contributed by atoms with Gasteiger partial charge in [0, 0.05) is 0 Å². The minimum atomic E-state index is -0.467. The molecule has 68 valence electrons. The quantitative estimate of drug-likeness (QED) is 0.701. The highest BCUT2D eigenvalue weighted by Gasteiger charge is 2.13. The van der Waals surface area contributed by atoms with Gasteiger partial charge in [0.25, 0.3) is 0 Å². The zero-order valence-electron chi connectivity index (χ0n) is 7.63. The average molecular weight is 178 g/mol. The first-order valence-corrected chi connectivity index (χ1v) is 3.91. The van der Waals surface area contributed by atoms with Crippen molar-refractivity contribution in [2.24, 2.45) is 0 Å². The number of nitrogens with one attached hydrogen (secondary N) is 1. The molecule has 0 unspecified atom stereocenters. The van der Waals surface area contributed by atoms with E-state index < -0.39 is 5.54 Å². The Hall–Kier alpha value is -1.56. The van der Waals surface area contributed by atoms with E-state index in [4.69, 9.17) is 6.42 Å². The van der Waals surface area contributed by atoms with Crippen molar-refractivity contribution in [1.82, 2.24) is 4.98 Å². The van der Waals surface area contributed by atoms with Crippen LogP contribution in [0.1, 0.15) is 13.8 Å². The number of halogens is 1. The molecule has 13 heavy (non-hydrogen) atoms. The summed E-state index contributed by atoms with van der Waals surface area (Å²) in [6, 6.07) is 2.89. The lowest BCUT2D eigenvalue weighted by molar-refractivity contribution is 0.620. The summed E-state index contributed by atoms with van der Waals surface area (Å²) in [6.07, 6.45) is 6.42. The zero-order valence-corrected chi connectivity index (χ0v) is 7.63. The second kappa shape index (κ2) is 3.44. The Kier molecular flexibility index (Phi) is 2.52. The Balaban J connectivity index is 2.77. The van der Waals surface area contributed by atoms with Crippen LogP contribution in [0.15, 0.2) is 18.3 Å². The number of anilines is 1. The standard InChI is InChI=1S/C10H11FN2/c1-4-10(2,3)13-9-6-5-8(11)7-12-9/h1,5-7H,2-3H3,(H,12,13). The van der Waals surface area contributed by atoms with Crippen LogP contribution in [0.4, 0.5) is 10.2 Å². The van der Waals surface area contributed by atoms with Crippen molar-refractivity contribution in [1.29, 1.82) is 0 Å². The van der Waals surface area contributed by atoms with E-state index >= 15 is 0 Å². The molecule has 0 radical (unpaired) electrons. The van der Waals surface area contributed by atoms with Gasteiger partial charge >= 0.3 is 0 Å². The molecule has 0 saturated carbocycles. The van der Waals surface area contributed by atoms with Crippen molar-refractivity contribution >= 4 is 5.82 Å². The highest BCUT2D eigenvalue weighted by Crippen LogP contribution is 2.11. The van der Waals surface area contributed by atoms with E-state index in [1.165, 1.54) is 6.07 Å². The average Bonchev–Trinajstić information content (AvgIpc) is 2.09. The molecule has 1 rings (SSSR count). The lowest BCUT2D eigenvalue weighted by Gasteiger charge is -2.19. The van der Waals surface area contributed by atoms with E-state index in [1.54, 1.807) is 6.07 Å². The summed E-state index contributed by atoms with van der Waals surface area (Å²) in [5.41, 5.74) is -0.467. The fourth-order valence-electron chi connectivity index (χ4n) is 0.806. The molecule has 1 aromatic heterocycles. The van der Waals surface area contributed by atoms with Gasteiger partial charge in [-0.25, -0.2) is 9.37 Å². The van der Waals surface area contributed by atoms with E-state index in [-0.39, 0.29) is 5.82 Å². The van der Waals surface area contributed by atoms with Crippen molar-refractivity contribution in [3.8, 4) is 12.3 Å². The molecule has 0 atom stereocenters. The van der Waals surface area contributed by atoms with Crippen LogP contribution in [0.25, 0.3) is 0 Å². The Labute approximate surface area is 77.2 Å². The largest absolute Gasteiger partial charge is 0.354 e. The summed E-state index contributed by atoms with van der Waals surface area (Å²) in [5.74, 6) is 2.78. The SMILES string of the molecule is C#CC(C)(C)Nc1ccc(F)cn1. The summed E-state index contributed by atoms with van der Waals surface area (Å²) in [7, 11) is 0. The van der Waals surface area contributed by atoms with Crippen molar-refractivity contribution < 1.29 is 4.39 Å². The minimum absolute atomic E-state index is 0.357. The summed E-state index contributed by atoms with van der Waals surface area (Å²) >= 11 is 0. The normalized spacial score (nSPS) is 10.6. The topological polar surface area (TPSA) is 24.9 Å². The molecular weight excluding hydrogens is 167 g/mol. The molecule has 1 N–H and O–H groups in total. The first-order chi connectivity index (χ1) is 6.03. The van der Waals surface area contributed by atoms with E-state index in [1.807, 2.05) is 13.8 Å². The Morgan fingerprint density at radius 3 is 2.69 bits per heavy atom. The van der Waals surface area contributed by atoms with Gasteiger partial charge in [0.05, 0.1) is 11.7 Å². The van der Waals surface area contributed by atoms with Gasteiger partial charge in [-0.2, -0.15) is 0 Å². The van der Waals surface area contributed by atoms with Crippen LogP contribution in [-0.4, -0.2) is 10.5 Å². The van der Waals surface area contributed by atoms with Gasteiger partial charge in [-0.3, -0.25) is 0 Å². The van der Waals surface area contributed by atoms with Crippen LogP contribution in [0, 0.1) is 18.2 Å². The molecule has 3 heteroatoms. The molecule has 0 aliphatic heterocycles. The first kappa shape index (κ1) is 9.53. The van der Waals surface area contributed by atoms with Gasteiger partial charge in [-0.15, -0.1) is 6.42 Å². The molecular formula is C10H11FN2. The van der Waals surface area contributed by atoms with Crippen LogP contribution in [-0.2, 0) is 0 Å². The molecule has 0 aliphatic rings. The summed E-state index contributed by atoms with van der Waals surface area (Å²) in [5, 5.41) is 2.98. The molecule has 0 spiro atoms. The van der Waals surface area contributed by atoms with Crippen molar-refractivity contribution in [2.75, 3.05) is 5.32 Å². The molecule has 0 fully saturated rings. The van der Waals surface area contributed by atoms with Crippen molar-refractivity contribution in [3.63, 3.8) is 0 Å². The molecule has 0 aromatic carbocycles. The number of aromatic nitrogens is 1. The van der Waals surface area contributed by atoms with Crippen molar-refractivity contribution in [2.45, 2.75) is 19.4 Å². The van der Waals surface area contributed by atoms with Crippen LogP contribution in [0.2, 0.25) is 0 Å². The second-order valence-corrected chi connectivity index (χ2v) is 3.26. The lowest BCUT2D eigenvalue weighted by Crippen LogP contribution is -2.28. The third-order valence-electron chi connectivity index (χ3n) is 1.53. The smallest absolute Gasteiger partial charge is 0.141 e. The molecule has 1 aromatic rings. The van der Waals surface area contributed by atoms with Crippen LogP contribution in [0.5, 0.6) is 0 Å². The van der Waals surface area contributed by atoms with Gasteiger partial charge in [0.1, 0.15) is 11.6 Å². The summed E-state index contributed by atoms with van der Waals surface area (Å²) < 4.78 is 12.5. The Bertz CT molecular complexity index is 322. The first-order valence-electron chi connectivity index (χ1n) is 3.91. The summed E-state index contributed by atoms with van der Waals surface area (Å²) in [4.78, 5) is 3.83. The van der Waals surface area contributed by atoms with Crippen LogP contribution >= 0.6 is 0 Å². The number of hydrogen-bond donors (Lipinski definition) is 1. The fraction of sp³-hybridized carbons (Fsp3) is 0.300. The third kappa shape index (κ3) is 2.75. The monoisotopic (exact) mass is 178 g/mol. The molecule has 0 saturated heterocycles. The number of rotatable bonds is 2. The van der Waals surface area contributed by atoms with E-state index in [2.05, 4.69) is 16.2 Å². The molecule has 0 amide bonds. The Morgan fingerprint density at radius 1 is 1.54 bits per heavy atom. The maximum atomic E-state index is 12.5.